The van der Waals surface area contributed by atoms with Gasteiger partial charge in [-0.1, -0.05) is 25.6 Å². The zero-order valence-electron chi connectivity index (χ0n) is 19.0. The van der Waals surface area contributed by atoms with Gasteiger partial charge >= 0.3 is 6.18 Å². The number of thioether (sulfide) groups is 1. The number of aromatic nitrogens is 5. The third-order valence-electron chi connectivity index (χ3n) is 5.51. The number of amides is 1. The number of nitrogens with zero attached hydrogens (tertiary/aromatic N) is 6. The van der Waals surface area contributed by atoms with Crippen LogP contribution in [0, 0.1) is 12.8 Å². The molecule has 3 heterocycles. The first kappa shape index (κ1) is 24.0. The van der Waals surface area contributed by atoms with E-state index >= 15 is 0 Å². The Kier molecular flexibility index (Phi) is 6.52. The molecule has 12 heteroatoms. The third kappa shape index (κ3) is 5.01. The lowest BCUT2D eigenvalue weighted by molar-refractivity contribution is -0.137. The Labute approximate surface area is 199 Å². The molecule has 2 aromatic heterocycles. The zero-order valence-corrected chi connectivity index (χ0v) is 19.9. The summed E-state index contributed by atoms with van der Waals surface area (Å²) in [4.78, 5) is 31.7. The molecule has 8 nitrogen and oxygen atoms in total. The summed E-state index contributed by atoms with van der Waals surface area (Å²) in [5.74, 6) is 2.03. The minimum Gasteiger partial charge on any atom is -0.346 e. The molecule has 3 aromatic rings. The third-order valence-corrected chi connectivity index (χ3v) is 6.46. The molecule has 0 radical (unpaired) electrons. The molecule has 0 bridgehead atoms. The Bertz CT molecular complexity index is 1180. The van der Waals surface area contributed by atoms with E-state index in [-0.39, 0.29) is 23.2 Å². The Morgan fingerprint density at radius 1 is 1.12 bits per heavy atom. The Morgan fingerprint density at radius 2 is 1.82 bits per heavy atom. The number of rotatable bonds is 6. The molecule has 1 fully saturated rings. The van der Waals surface area contributed by atoms with Crippen LogP contribution in [0.1, 0.15) is 43.9 Å². The first-order chi connectivity index (χ1) is 16.0. The van der Waals surface area contributed by atoms with Gasteiger partial charge in [-0.15, -0.1) is 0 Å². The van der Waals surface area contributed by atoms with Crippen molar-refractivity contribution in [3.8, 4) is 5.69 Å². The van der Waals surface area contributed by atoms with E-state index in [1.807, 2.05) is 6.92 Å². The van der Waals surface area contributed by atoms with Crippen LogP contribution in [-0.2, 0) is 6.18 Å². The lowest BCUT2D eigenvalue weighted by atomic mass is 10.1. The van der Waals surface area contributed by atoms with E-state index < -0.39 is 11.7 Å². The largest absolute Gasteiger partial charge is 0.416 e. The minimum absolute atomic E-state index is 0.00371. The van der Waals surface area contributed by atoms with Gasteiger partial charge in [-0.05, 0) is 44.0 Å². The monoisotopic (exact) mass is 491 g/mol. The summed E-state index contributed by atoms with van der Waals surface area (Å²) in [7, 11) is 0. The maximum atomic E-state index is 12.8. The molecule has 1 N–H and O–H groups in total. The fourth-order valence-corrected chi connectivity index (χ4v) is 4.79. The second kappa shape index (κ2) is 9.24. The van der Waals surface area contributed by atoms with E-state index in [2.05, 4.69) is 39.1 Å². The molecule has 1 unspecified atom stereocenters. The number of hydrogen-bond donors (Lipinski definition) is 1. The highest BCUT2D eigenvalue weighted by Crippen LogP contribution is 2.32. The van der Waals surface area contributed by atoms with E-state index in [0.717, 1.165) is 12.1 Å². The Morgan fingerprint density at radius 3 is 2.47 bits per heavy atom. The summed E-state index contributed by atoms with van der Waals surface area (Å²) < 4.78 is 40.1. The lowest BCUT2D eigenvalue weighted by Crippen LogP contribution is -2.38. The number of aryl methyl sites for hydroxylation is 1. The highest BCUT2D eigenvalue weighted by molar-refractivity contribution is 8.14. The first-order valence-electron chi connectivity index (χ1n) is 10.7. The summed E-state index contributed by atoms with van der Waals surface area (Å²) in [5, 5.41) is 3.10. The van der Waals surface area contributed by atoms with Gasteiger partial charge in [0.2, 0.25) is 11.9 Å². The predicted octanol–water partition coefficient (Wildman–Crippen LogP) is 5.26. The number of benzene rings is 1. The molecule has 1 aliphatic rings. The van der Waals surface area contributed by atoms with Crippen LogP contribution in [0.5, 0.6) is 0 Å². The normalized spacial score (nSPS) is 17.5. The van der Waals surface area contributed by atoms with Gasteiger partial charge in [0.15, 0.2) is 0 Å². The summed E-state index contributed by atoms with van der Waals surface area (Å²) in [6, 6.07) is 4.55. The SMILES string of the molecule is Cc1nc(N[C@@H](C)c2cn(-c3ccc(C(F)(F)F)cc3)cn2)nc(N2C(=O)SCC2C(C)C)n1. The standard InChI is InChI=1S/C22H24F3N7OS/c1-12(2)18-10-34-21(33)32(18)20-29-14(4)28-19(30-20)27-13(3)17-9-31(11-26-17)16-7-5-15(6-8-16)22(23,24)25/h5-9,11-13,18H,10H2,1-4H3,(H,27,28,29,30)/t13-,18?/m0/s1. The Balaban J connectivity index is 1.52. The quantitative estimate of drug-likeness (QED) is 0.503. The van der Waals surface area contributed by atoms with Crippen LogP contribution in [0.15, 0.2) is 36.8 Å². The summed E-state index contributed by atoms with van der Waals surface area (Å²) in [6.07, 6.45) is -1.12. The molecular weight excluding hydrogens is 467 g/mol. The van der Waals surface area contributed by atoms with Gasteiger partial charge in [0.25, 0.3) is 5.24 Å². The number of nitrogens with one attached hydrogen (secondary N) is 1. The smallest absolute Gasteiger partial charge is 0.346 e. The molecule has 1 saturated heterocycles. The molecule has 0 spiro atoms. The van der Waals surface area contributed by atoms with Gasteiger partial charge in [0.1, 0.15) is 5.82 Å². The van der Waals surface area contributed by atoms with E-state index in [1.165, 1.54) is 30.2 Å². The van der Waals surface area contributed by atoms with Crippen LogP contribution < -0.4 is 10.2 Å². The minimum atomic E-state index is -4.38. The number of carbonyl (C=O) groups excluding carboxylic acids is 1. The molecule has 0 saturated carbocycles. The number of anilines is 2. The summed E-state index contributed by atoms with van der Waals surface area (Å²) in [5.41, 5.74) is 0.497. The molecular formula is C22H24F3N7OS. The van der Waals surface area contributed by atoms with Gasteiger partial charge < -0.3 is 9.88 Å². The molecule has 4 rings (SSSR count). The van der Waals surface area contributed by atoms with E-state index in [4.69, 9.17) is 0 Å². The van der Waals surface area contributed by atoms with Crippen molar-refractivity contribution >= 4 is 28.9 Å². The molecule has 180 valence electrons. The fraction of sp³-hybridized carbons (Fsp3) is 0.409. The van der Waals surface area contributed by atoms with Crippen LogP contribution in [0.25, 0.3) is 5.69 Å². The molecule has 1 aromatic carbocycles. The van der Waals surface area contributed by atoms with E-state index in [0.29, 0.717) is 34.9 Å². The van der Waals surface area contributed by atoms with Crippen molar-refractivity contribution in [1.29, 1.82) is 0 Å². The van der Waals surface area contributed by atoms with Crippen LogP contribution in [0.4, 0.5) is 29.9 Å². The molecule has 34 heavy (non-hydrogen) atoms. The highest BCUT2D eigenvalue weighted by atomic mass is 32.2. The summed E-state index contributed by atoms with van der Waals surface area (Å²) in [6.45, 7) is 7.71. The fourth-order valence-electron chi connectivity index (χ4n) is 3.59. The van der Waals surface area contributed by atoms with Crippen LogP contribution in [0.3, 0.4) is 0 Å². The summed E-state index contributed by atoms with van der Waals surface area (Å²) >= 11 is 1.25. The molecule has 1 amide bonds. The van der Waals surface area contributed by atoms with E-state index in [9.17, 15) is 18.0 Å². The van der Waals surface area contributed by atoms with Crippen LogP contribution in [0.2, 0.25) is 0 Å². The zero-order chi connectivity index (χ0) is 24.6. The first-order valence-corrected chi connectivity index (χ1v) is 11.7. The van der Waals surface area contributed by atoms with Crippen molar-refractivity contribution in [3.05, 3.63) is 53.9 Å². The van der Waals surface area contributed by atoms with Crippen molar-refractivity contribution in [2.75, 3.05) is 16.0 Å². The molecule has 1 aliphatic heterocycles. The maximum Gasteiger partial charge on any atom is 0.416 e. The van der Waals surface area contributed by atoms with Gasteiger partial charge in [0.05, 0.1) is 29.7 Å². The van der Waals surface area contributed by atoms with Gasteiger partial charge in [-0.25, -0.2) is 4.98 Å². The van der Waals surface area contributed by atoms with Crippen molar-refractivity contribution in [2.45, 2.75) is 46.0 Å². The van der Waals surface area contributed by atoms with Crippen molar-refractivity contribution in [2.24, 2.45) is 5.92 Å². The van der Waals surface area contributed by atoms with Crippen LogP contribution >= 0.6 is 11.8 Å². The topological polar surface area (TPSA) is 88.8 Å². The van der Waals surface area contributed by atoms with Gasteiger partial charge in [-0.2, -0.15) is 28.1 Å². The Hall–Kier alpha value is -3.15. The maximum absolute atomic E-state index is 12.8. The van der Waals surface area contributed by atoms with Crippen molar-refractivity contribution in [1.82, 2.24) is 24.5 Å². The predicted molar refractivity (Wildman–Crippen MR) is 124 cm³/mol. The van der Waals surface area contributed by atoms with Gasteiger partial charge in [0, 0.05) is 17.6 Å². The molecule has 0 aliphatic carbocycles. The van der Waals surface area contributed by atoms with Crippen molar-refractivity contribution < 1.29 is 18.0 Å². The average molecular weight is 492 g/mol. The number of hydrogen-bond acceptors (Lipinski definition) is 7. The highest BCUT2D eigenvalue weighted by Gasteiger charge is 2.37. The number of imidazole rings is 1. The lowest BCUT2D eigenvalue weighted by Gasteiger charge is -2.25. The molecule has 2 atom stereocenters. The number of halogens is 3. The second-order valence-corrected chi connectivity index (χ2v) is 9.35. The number of alkyl halides is 3. The second-order valence-electron chi connectivity index (χ2n) is 8.38. The average Bonchev–Trinajstić information content (AvgIpc) is 3.40. The van der Waals surface area contributed by atoms with E-state index in [1.54, 1.807) is 22.6 Å². The van der Waals surface area contributed by atoms with Crippen LogP contribution in [-0.4, -0.2) is 41.5 Å². The number of carbonyl (C=O) groups is 1. The van der Waals surface area contributed by atoms with Gasteiger partial charge in [-0.3, -0.25) is 9.69 Å². The van der Waals surface area contributed by atoms with Crippen molar-refractivity contribution in [3.63, 3.8) is 0 Å².